The molecule has 2 aromatic rings. The van der Waals surface area contributed by atoms with E-state index in [4.69, 9.17) is 4.74 Å². The van der Waals surface area contributed by atoms with Gasteiger partial charge in [0.15, 0.2) is 0 Å². The molecule has 106 valence electrons. The standard InChI is InChI=1S/C13H16N4O3/c1-16-4-3-15-13(16)9-14-8-10-5-11(17(18)19)7-12(6-10)20-2/h3-7,14H,8-9H2,1-2H3. The minimum Gasteiger partial charge on any atom is -0.496 e. The Hall–Kier alpha value is -2.41. The van der Waals surface area contributed by atoms with E-state index in [0.717, 1.165) is 11.4 Å². The van der Waals surface area contributed by atoms with Crippen LogP contribution in [0.2, 0.25) is 0 Å². The normalized spacial score (nSPS) is 10.5. The number of nitro groups is 1. The summed E-state index contributed by atoms with van der Waals surface area (Å²) in [5.41, 5.74) is 0.823. The topological polar surface area (TPSA) is 82.2 Å². The average molecular weight is 276 g/mol. The van der Waals surface area contributed by atoms with E-state index in [1.807, 2.05) is 17.8 Å². The van der Waals surface area contributed by atoms with Gasteiger partial charge < -0.3 is 14.6 Å². The first kappa shape index (κ1) is 14.0. The molecule has 0 bridgehead atoms. The number of nitrogens with zero attached hydrogens (tertiary/aromatic N) is 3. The Kier molecular flexibility index (Phi) is 4.31. The molecular formula is C13H16N4O3. The van der Waals surface area contributed by atoms with E-state index >= 15 is 0 Å². The highest BCUT2D eigenvalue weighted by Crippen LogP contribution is 2.22. The fraction of sp³-hybridized carbons (Fsp3) is 0.308. The van der Waals surface area contributed by atoms with Crippen molar-refractivity contribution in [2.45, 2.75) is 13.1 Å². The highest BCUT2D eigenvalue weighted by Gasteiger charge is 2.10. The number of hydrogen-bond acceptors (Lipinski definition) is 5. The van der Waals surface area contributed by atoms with Gasteiger partial charge in [-0.2, -0.15) is 0 Å². The highest BCUT2D eigenvalue weighted by molar-refractivity contribution is 5.42. The summed E-state index contributed by atoms with van der Waals surface area (Å²) in [6, 6.07) is 4.72. The van der Waals surface area contributed by atoms with Crippen molar-refractivity contribution >= 4 is 5.69 Å². The number of hydrogen-bond donors (Lipinski definition) is 1. The molecule has 1 N–H and O–H groups in total. The van der Waals surface area contributed by atoms with Gasteiger partial charge in [0.2, 0.25) is 0 Å². The SMILES string of the molecule is COc1cc(CNCc2nccn2C)cc([N+](=O)[O-])c1. The van der Waals surface area contributed by atoms with Crippen molar-refractivity contribution in [2.24, 2.45) is 7.05 Å². The number of benzene rings is 1. The van der Waals surface area contributed by atoms with E-state index in [-0.39, 0.29) is 5.69 Å². The van der Waals surface area contributed by atoms with E-state index in [1.54, 1.807) is 12.3 Å². The zero-order valence-electron chi connectivity index (χ0n) is 11.4. The second-order valence-electron chi connectivity index (χ2n) is 4.35. The molecule has 0 radical (unpaired) electrons. The molecule has 0 atom stereocenters. The van der Waals surface area contributed by atoms with Gasteiger partial charge in [0, 0.05) is 32.1 Å². The van der Waals surface area contributed by atoms with Crippen LogP contribution in [0.4, 0.5) is 5.69 Å². The second-order valence-corrected chi connectivity index (χ2v) is 4.35. The van der Waals surface area contributed by atoms with Crippen molar-refractivity contribution < 1.29 is 9.66 Å². The summed E-state index contributed by atoms with van der Waals surface area (Å²) in [6.45, 7) is 1.10. The number of non-ortho nitro benzene ring substituents is 1. The molecule has 0 unspecified atom stereocenters. The lowest BCUT2D eigenvalue weighted by Gasteiger charge is -2.07. The average Bonchev–Trinajstić information content (AvgIpc) is 2.84. The van der Waals surface area contributed by atoms with Crippen LogP contribution in [0.15, 0.2) is 30.6 Å². The third-order valence-electron chi connectivity index (χ3n) is 2.93. The van der Waals surface area contributed by atoms with Crippen LogP contribution in [0.25, 0.3) is 0 Å². The summed E-state index contributed by atoms with van der Waals surface area (Å²) in [7, 11) is 3.41. The van der Waals surface area contributed by atoms with Gasteiger partial charge in [-0.3, -0.25) is 10.1 Å². The molecule has 0 aliphatic carbocycles. The Morgan fingerprint density at radius 2 is 2.20 bits per heavy atom. The van der Waals surface area contributed by atoms with E-state index < -0.39 is 4.92 Å². The third kappa shape index (κ3) is 3.33. The summed E-state index contributed by atoms with van der Waals surface area (Å²) in [5, 5.41) is 14.0. The van der Waals surface area contributed by atoms with Crippen molar-refractivity contribution in [3.05, 3.63) is 52.1 Å². The smallest absolute Gasteiger partial charge is 0.273 e. The van der Waals surface area contributed by atoms with Crippen LogP contribution in [0, 0.1) is 10.1 Å². The van der Waals surface area contributed by atoms with Crippen LogP contribution in [0.3, 0.4) is 0 Å². The van der Waals surface area contributed by atoms with Gasteiger partial charge in [0.1, 0.15) is 11.6 Å². The van der Waals surface area contributed by atoms with Crippen LogP contribution in [-0.4, -0.2) is 21.6 Å². The fourth-order valence-electron chi connectivity index (χ4n) is 1.85. The van der Waals surface area contributed by atoms with E-state index in [2.05, 4.69) is 10.3 Å². The number of nitro benzene ring substituents is 1. The largest absolute Gasteiger partial charge is 0.496 e. The molecule has 0 fully saturated rings. The number of rotatable bonds is 6. The number of imidazole rings is 1. The van der Waals surface area contributed by atoms with Gasteiger partial charge >= 0.3 is 0 Å². The zero-order chi connectivity index (χ0) is 14.5. The van der Waals surface area contributed by atoms with E-state index in [1.165, 1.54) is 19.2 Å². The van der Waals surface area contributed by atoms with Gasteiger partial charge in [-0.15, -0.1) is 0 Å². The second kappa shape index (κ2) is 6.16. The maximum atomic E-state index is 10.8. The maximum absolute atomic E-state index is 10.8. The van der Waals surface area contributed by atoms with Gasteiger partial charge in [-0.05, 0) is 11.6 Å². The van der Waals surface area contributed by atoms with Crippen molar-refractivity contribution in [1.82, 2.24) is 14.9 Å². The Morgan fingerprint density at radius 3 is 2.80 bits per heavy atom. The summed E-state index contributed by atoms with van der Waals surface area (Å²) >= 11 is 0. The first-order valence-electron chi connectivity index (χ1n) is 6.09. The minimum absolute atomic E-state index is 0.0261. The Bertz CT molecular complexity index is 609. The molecule has 1 heterocycles. The van der Waals surface area contributed by atoms with Gasteiger partial charge in [0.05, 0.1) is 24.6 Å². The quantitative estimate of drug-likeness (QED) is 0.640. The van der Waals surface area contributed by atoms with Crippen LogP contribution in [0.5, 0.6) is 5.75 Å². The number of ether oxygens (including phenoxy) is 1. The molecule has 1 aromatic carbocycles. The van der Waals surface area contributed by atoms with Crippen LogP contribution >= 0.6 is 0 Å². The number of aryl methyl sites for hydroxylation is 1. The molecular weight excluding hydrogens is 260 g/mol. The first-order chi connectivity index (χ1) is 9.60. The van der Waals surface area contributed by atoms with Crippen LogP contribution < -0.4 is 10.1 Å². The third-order valence-corrected chi connectivity index (χ3v) is 2.93. The van der Waals surface area contributed by atoms with Crippen molar-refractivity contribution in [3.63, 3.8) is 0 Å². The molecule has 0 spiro atoms. The zero-order valence-corrected chi connectivity index (χ0v) is 11.4. The van der Waals surface area contributed by atoms with Gasteiger partial charge in [-0.1, -0.05) is 0 Å². The number of aromatic nitrogens is 2. The van der Waals surface area contributed by atoms with Crippen molar-refractivity contribution in [3.8, 4) is 5.75 Å². The first-order valence-corrected chi connectivity index (χ1v) is 6.09. The summed E-state index contributed by atoms with van der Waals surface area (Å²) in [6.07, 6.45) is 3.60. The number of methoxy groups -OCH3 is 1. The maximum Gasteiger partial charge on any atom is 0.273 e. The Morgan fingerprint density at radius 1 is 1.40 bits per heavy atom. The summed E-state index contributed by atoms with van der Waals surface area (Å²) in [5.74, 6) is 1.38. The predicted octanol–water partition coefficient (Wildman–Crippen LogP) is 1.63. The monoisotopic (exact) mass is 276 g/mol. The lowest BCUT2D eigenvalue weighted by molar-refractivity contribution is -0.385. The predicted molar refractivity (Wildman–Crippen MR) is 73.4 cm³/mol. The Labute approximate surface area is 116 Å². The molecule has 2 rings (SSSR count). The van der Waals surface area contributed by atoms with Gasteiger partial charge in [-0.25, -0.2) is 4.98 Å². The van der Waals surface area contributed by atoms with Crippen molar-refractivity contribution in [1.29, 1.82) is 0 Å². The van der Waals surface area contributed by atoms with Gasteiger partial charge in [0.25, 0.3) is 5.69 Å². The fourth-order valence-corrected chi connectivity index (χ4v) is 1.85. The number of nitrogens with one attached hydrogen (secondary N) is 1. The summed E-state index contributed by atoms with van der Waals surface area (Å²) < 4.78 is 6.99. The van der Waals surface area contributed by atoms with E-state index in [0.29, 0.717) is 18.8 Å². The molecule has 7 heteroatoms. The molecule has 7 nitrogen and oxygen atoms in total. The lowest BCUT2D eigenvalue weighted by atomic mass is 10.2. The van der Waals surface area contributed by atoms with Crippen LogP contribution in [-0.2, 0) is 20.1 Å². The Balaban J connectivity index is 2.03. The molecule has 0 aliphatic heterocycles. The molecule has 0 amide bonds. The minimum atomic E-state index is -0.426. The summed E-state index contributed by atoms with van der Waals surface area (Å²) in [4.78, 5) is 14.6. The molecule has 0 saturated heterocycles. The van der Waals surface area contributed by atoms with Crippen molar-refractivity contribution in [2.75, 3.05) is 7.11 Å². The highest BCUT2D eigenvalue weighted by atomic mass is 16.6. The van der Waals surface area contributed by atoms with E-state index in [9.17, 15) is 10.1 Å². The van der Waals surface area contributed by atoms with Crippen LogP contribution in [0.1, 0.15) is 11.4 Å². The molecule has 0 aliphatic rings. The molecule has 1 aromatic heterocycles. The molecule has 0 saturated carbocycles. The molecule has 20 heavy (non-hydrogen) atoms. The lowest BCUT2D eigenvalue weighted by Crippen LogP contribution is -2.15.